The van der Waals surface area contributed by atoms with Gasteiger partial charge in [-0.05, 0) is 53.5 Å². The molecule has 26 heavy (non-hydrogen) atoms. The average Bonchev–Trinajstić information content (AvgIpc) is 3.04. The maximum absolute atomic E-state index is 12.9. The Hall–Kier alpha value is -1.79. The molecular formula is C20H26BrN3O2. The molecule has 0 saturated carbocycles. The van der Waals surface area contributed by atoms with Gasteiger partial charge in [0.2, 0.25) is 0 Å². The number of nitrogens with zero attached hydrogens (tertiary/aromatic N) is 3. The maximum atomic E-state index is 12.9. The first kappa shape index (κ1) is 19.0. The van der Waals surface area contributed by atoms with Gasteiger partial charge < -0.3 is 19.1 Å². The molecule has 1 amide bonds. The second kappa shape index (κ2) is 8.27. The molecule has 140 valence electrons. The number of ether oxygens (including phenoxy) is 1. The number of rotatable bonds is 5. The van der Waals surface area contributed by atoms with Gasteiger partial charge in [0.25, 0.3) is 5.91 Å². The molecule has 1 aliphatic rings. The molecule has 1 fully saturated rings. The highest BCUT2D eigenvalue weighted by atomic mass is 79.9. The molecule has 1 aromatic heterocycles. The molecule has 5 nitrogen and oxygen atoms in total. The fraction of sp³-hybridized carbons (Fsp3) is 0.450. The summed E-state index contributed by atoms with van der Waals surface area (Å²) in [5.74, 6) is 0.0293. The molecule has 0 spiro atoms. The summed E-state index contributed by atoms with van der Waals surface area (Å²) in [7, 11) is 1.85. The lowest BCUT2D eigenvalue weighted by Gasteiger charge is -2.29. The first-order valence-corrected chi connectivity index (χ1v) is 9.79. The SMILES string of the molecule is CC(C)n1cc(Br)cc1C(=O)N(C)Cc1ccc(N2CCOCC2)cc1. The zero-order chi connectivity index (χ0) is 18.7. The van der Waals surface area contributed by atoms with Gasteiger partial charge in [0.05, 0.1) is 13.2 Å². The molecule has 0 atom stereocenters. The predicted octanol–water partition coefficient (Wildman–Crippen LogP) is 3.94. The monoisotopic (exact) mass is 419 g/mol. The molecule has 1 aliphatic heterocycles. The summed E-state index contributed by atoms with van der Waals surface area (Å²) >= 11 is 3.48. The number of anilines is 1. The van der Waals surface area contributed by atoms with E-state index in [9.17, 15) is 4.79 Å². The van der Waals surface area contributed by atoms with Crippen LogP contribution in [-0.2, 0) is 11.3 Å². The highest BCUT2D eigenvalue weighted by Crippen LogP contribution is 2.22. The molecule has 1 saturated heterocycles. The van der Waals surface area contributed by atoms with Crippen molar-refractivity contribution in [1.29, 1.82) is 0 Å². The normalized spacial score (nSPS) is 14.7. The molecule has 6 heteroatoms. The van der Waals surface area contributed by atoms with Gasteiger partial charge in [-0.1, -0.05) is 12.1 Å². The van der Waals surface area contributed by atoms with Gasteiger partial charge in [-0.3, -0.25) is 4.79 Å². The van der Waals surface area contributed by atoms with Gasteiger partial charge in [-0.15, -0.1) is 0 Å². The maximum Gasteiger partial charge on any atom is 0.270 e. The van der Waals surface area contributed by atoms with Crippen molar-refractivity contribution in [1.82, 2.24) is 9.47 Å². The molecule has 0 unspecified atom stereocenters. The summed E-state index contributed by atoms with van der Waals surface area (Å²) in [6, 6.07) is 10.6. The van der Waals surface area contributed by atoms with Gasteiger partial charge >= 0.3 is 0 Å². The predicted molar refractivity (Wildman–Crippen MR) is 108 cm³/mol. The summed E-state index contributed by atoms with van der Waals surface area (Å²) in [6.45, 7) is 8.16. The van der Waals surface area contributed by atoms with Crippen LogP contribution in [-0.4, -0.2) is 48.7 Å². The van der Waals surface area contributed by atoms with Crippen molar-refractivity contribution in [3.63, 3.8) is 0 Å². The van der Waals surface area contributed by atoms with Gasteiger partial charge in [0, 0.05) is 49.1 Å². The highest BCUT2D eigenvalue weighted by molar-refractivity contribution is 9.10. The van der Waals surface area contributed by atoms with Crippen LogP contribution < -0.4 is 4.90 Å². The zero-order valence-corrected chi connectivity index (χ0v) is 17.2. The summed E-state index contributed by atoms with van der Waals surface area (Å²) < 4.78 is 8.34. The largest absolute Gasteiger partial charge is 0.378 e. The topological polar surface area (TPSA) is 37.7 Å². The Kier molecular flexibility index (Phi) is 6.04. The Morgan fingerprint density at radius 2 is 1.88 bits per heavy atom. The molecule has 0 radical (unpaired) electrons. The third-order valence-electron chi connectivity index (χ3n) is 4.67. The van der Waals surface area contributed by atoms with Crippen molar-refractivity contribution in [3.05, 3.63) is 52.3 Å². The van der Waals surface area contributed by atoms with E-state index < -0.39 is 0 Å². The van der Waals surface area contributed by atoms with E-state index in [0.29, 0.717) is 12.2 Å². The van der Waals surface area contributed by atoms with Crippen LogP contribution in [0.1, 0.15) is 35.9 Å². The number of hydrogen-bond acceptors (Lipinski definition) is 3. The number of halogens is 1. The van der Waals surface area contributed by atoms with Crippen molar-refractivity contribution in [2.75, 3.05) is 38.3 Å². The van der Waals surface area contributed by atoms with Gasteiger partial charge in [-0.25, -0.2) is 0 Å². The number of carbonyl (C=O) groups excluding carboxylic acids is 1. The van der Waals surface area contributed by atoms with E-state index in [4.69, 9.17) is 4.74 Å². The van der Waals surface area contributed by atoms with Gasteiger partial charge in [-0.2, -0.15) is 0 Å². The van der Waals surface area contributed by atoms with Crippen LogP contribution >= 0.6 is 15.9 Å². The second-order valence-corrected chi connectivity index (χ2v) is 7.89. The number of benzene rings is 1. The van der Waals surface area contributed by atoms with Crippen molar-refractivity contribution in [2.45, 2.75) is 26.4 Å². The van der Waals surface area contributed by atoms with Crippen molar-refractivity contribution in [2.24, 2.45) is 0 Å². The van der Waals surface area contributed by atoms with Crippen molar-refractivity contribution in [3.8, 4) is 0 Å². The molecule has 0 aliphatic carbocycles. The van der Waals surface area contributed by atoms with Crippen molar-refractivity contribution >= 4 is 27.5 Å². The summed E-state index contributed by atoms with van der Waals surface area (Å²) in [6.07, 6.45) is 1.96. The van der Waals surface area contributed by atoms with E-state index in [-0.39, 0.29) is 11.9 Å². The van der Waals surface area contributed by atoms with E-state index in [1.807, 2.05) is 23.9 Å². The third-order valence-corrected chi connectivity index (χ3v) is 5.10. The Balaban J connectivity index is 1.67. The highest BCUT2D eigenvalue weighted by Gasteiger charge is 2.19. The number of aromatic nitrogens is 1. The molecule has 3 rings (SSSR count). The molecule has 1 aromatic carbocycles. The van der Waals surface area contributed by atoms with Crippen LogP contribution in [0.5, 0.6) is 0 Å². The van der Waals surface area contributed by atoms with E-state index in [0.717, 1.165) is 36.3 Å². The van der Waals surface area contributed by atoms with E-state index >= 15 is 0 Å². The van der Waals surface area contributed by atoms with Crippen molar-refractivity contribution < 1.29 is 9.53 Å². The van der Waals surface area contributed by atoms with Gasteiger partial charge in [0.1, 0.15) is 5.69 Å². The Bertz CT molecular complexity index is 749. The summed E-state index contributed by atoms with van der Waals surface area (Å²) in [5, 5.41) is 0. The Morgan fingerprint density at radius 3 is 2.50 bits per heavy atom. The number of carbonyl (C=O) groups is 1. The number of amides is 1. The molecule has 0 bridgehead atoms. The quantitative estimate of drug-likeness (QED) is 0.736. The van der Waals surface area contributed by atoms with Crippen LogP contribution in [0.3, 0.4) is 0 Å². The van der Waals surface area contributed by atoms with Crippen LogP contribution in [0.4, 0.5) is 5.69 Å². The lowest BCUT2D eigenvalue weighted by molar-refractivity contribution is 0.0772. The van der Waals surface area contributed by atoms with Crippen LogP contribution in [0.25, 0.3) is 0 Å². The van der Waals surface area contributed by atoms with E-state index in [1.165, 1.54) is 5.69 Å². The fourth-order valence-corrected chi connectivity index (χ4v) is 3.66. The van der Waals surface area contributed by atoms with Crippen LogP contribution in [0.15, 0.2) is 41.0 Å². The van der Waals surface area contributed by atoms with Gasteiger partial charge in [0.15, 0.2) is 0 Å². The van der Waals surface area contributed by atoms with E-state index in [1.54, 1.807) is 4.90 Å². The Labute approximate surface area is 163 Å². The average molecular weight is 420 g/mol. The standard InChI is InChI=1S/C20H26BrN3O2/c1-15(2)24-14-17(21)12-19(24)20(25)22(3)13-16-4-6-18(7-5-16)23-8-10-26-11-9-23/h4-7,12,14-15H,8-11,13H2,1-3H3. The molecule has 2 aromatic rings. The first-order valence-electron chi connectivity index (χ1n) is 9.00. The summed E-state index contributed by atoms with van der Waals surface area (Å²) in [4.78, 5) is 17.0. The molecular weight excluding hydrogens is 394 g/mol. The zero-order valence-electron chi connectivity index (χ0n) is 15.6. The minimum atomic E-state index is 0.0293. The van der Waals surface area contributed by atoms with Crippen LogP contribution in [0, 0.1) is 0 Å². The number of hydrogen-bond donors (Lipinski definition) is 0. The number of morpholine rings is 1. The lowest BCUT2D eigenvalue weighted by atomic mass is 10.1. The minimum Gasteiger partial charge on any atom is -0.378 e. The fourth-order valence-electron chi connectivity index (χ4n) is 3.22. The first-order chi connectivity index (χ1) is 12.5. The minimum absolute atomic E-state index is 0.0293. The smallest absolute Gasteiger partial charge is 0.270 e. The van der Waals surface area contributed by atoms with E-state index in [2.05, 4.69) is 58.9 Å². The molecule has 0 N–H and O–H groups in total. The summed E-state index contributed by atoms with van der Waals surface area (Å²) in [5.41, 5.74) is 3.04. The van der Waals surface area contributed by atoms with Crippen LogP contribution in [0.2, 0.25) is 0 Å². The third kappa shape index (κ3) is 4.30. The molecule has 2 heterocycles. The Morgan fingerprint density at radius 1 is 1.23 bits per heavy atom. The second-order valence-electron chi connectivity index (χ2n) is 6.97. The lowest BCUT2D eigenvalue weighted by Crippen LogP contribution is -2.36.